The molecule has 0 saturated carbocycles. The zero-order valence-corrected chi connectivity index (χ0v) is 9.30. The number of hydrogen-bond acceptors (Lipinski definition) is 5. The van der Waals surface area contributed by atoms with Gasteiger partial charge in [-0.1, -0.05) is 0 Å². The first kappa shape index (κ1) is 10.5. The maximum Gasteiger partial charge on any atom is 0.188 e. The summed E-state index contributed by atoms with van der Waals surface area (Å²) in [6.45, 7) is 4.01. The average molecular weight is 210 g/mol. The van der Waals surface area contributed by atoms with Gasteiger partial charge in [-0.05, 0) is 25.0 Å². The molecule has 15 heavy (non-hydrogen) atoms. The molecule has 0 aromatic carbocycles. The number of rotatable bonds is 2. The van der Waals surface area contributed by atoms with Crippen LogP contribution in [-0.4, -0.2) is 43.7 Å². The van der Waals surface area contributed by atoms with Crippen LogP contribution in [0.3, 0.4) is 0 Å². The van der Waals surface area contributed by atoms with Crippen molar-refractivity contribution < 1.29 is 0 Å². The molecule has 1 aliphatic heterocycles. The van der Waals surface area contributed by atoms with Gasteiger partial charge in [-0.15, -0.1) is 10.2 Å². The van der Waals surface area contributed by atoms with Gasteiger partial charge < -0.3 is 5.73 Å². The van der Waals surface area contributed by atoms with E-state index in [0.29, 0.717) is 12.1 Å². The van der Waals surface area contributed by atoms with Gasteiger partial charge in [0.1, 0.15) is 0 Å². The summed E-state index contributed by atoms with van der Waals surface area (Å²) in [5, 5.41) is 12.0. The van der Waals surface area contributed by atoms with Gasteiger partial charge in [-0.25, -0.2) is 0 Å². The summed E-state index contributed by atoms with van der Waals surface area (Å²) in [6.07, 6.45) is 2.12. The Hall–Kier alpha value is -1.01. The van der Waals surface area contributed by atoms with Crippen LogP contribution in [0, 0.1) is 0 Å². The second kappa shape index (κ2) is 4.24. The molecular weight excluding hydrogens is 192 g/mol. The predicted octanol–water partition coefficient (Wildman–Crippen LogP) is -0.478. The summed E-state index contributed by atoms with van der Waals surface area (Å²) in [7, 11) is 1.78. The molecule has 2 unspecified atom stereocenters. The first-order valence-corrected chi connectivity index (χ1v) is 5.37. The monoisotopic (exact) mass is 210 g/mol. The lowest BCUT2D eigenvalue weighted by Crippen LogP contribution is -2.45. The third kappa shape index (κ3) is 2.51. The van der Waals surface area contributed by atoms with Crippen LogP contribution >= 0.6 is 0 Å². The molecule has 2 atom stereocenters. The Morgan fingerprint density at radius 2 is 2.33 bits per heavy atom. The fourth-order valence-electron chi connectivity index (χ4n) is 2.06. The van der Waals surface area contributed by atoms with E-state index in [1.54, 1.807) is 7.05 Å². The number of hydrogen-bond donors (Lipinski definition) is 1. The number of aryl methyl sites for hydroxylation is 1. The quantitative estimate of drug-likeness (QED) is 0.714. The molecule has 0 radical (unpaired) electrons. The Bertz CT molecular complexity index is 322. The minimum Gasteiger partial charge on any atom is -0.328 e. The minimum absolute atomic E-state index is 0.353. The Balaban J connectivity index is 1.94. The van der Waals surface area contributed by atoms with Gasteiger partial charge in [-0.3, -0.25) is 4.90 Å². The van der Waals surface area contributed by atoms with Crippen molar-refractivity contribution in [3.63, 3.8) is 0 Å². The second-order valence-electron chi connectivity index (χ2n) is 4.30. The Morgan fingerprint density at radius 1 is 1.53 bits per heavy atom. The van der Waals surface area contributed by atoms with Gasteiger partial charge in [0.05, 0.1) is 13.6 Å². The Morgan fingerprint density at radius 3 is 2.93 bits per heavy atom. The highest BCUT2D eigenvalue weighted by Crippen LogP contribution is 2.17. The van der Waals surface area contributed by atoms with Gasteiger partial charge in [0.25, 0.3) is 0 Å². The first-order valence-electron chi connectivity index (χ1n) is 5.37. The van der Waals surface area contributed by atoms with Gasteiger partial charge in [0, 0.05) is 18.6 Å². The van der Waals surface area contributed by atoms with Crippen LogP contribution in [-0.2, 0) is 13.6 Å². The van der Waals surface area contributed by atoms with E-state index in [1.807, 2.05) is 0 Å². The van der Waals surface area contributed by atoms with E-state index in [1.165, 1.54) is 4.80 Å². The van der Waals surface area contributed by atoms with E-state index in [4.69, 9.17) is 5.73 Å². The molecule has 0 amide bonds. The van der Waals surface area contributed by atoms with E-state index in [9.17, 15) is 0 Å². The van der Waals surface area contributed by atoms with Crippen molar-refractivity contribution in [2.45, 2.75) is 38.4 Å². The minimum atomic E-state index is 0.353. The molecule has 2 heterocycles. The van der Waals surface area contributed by atoms with Crippen molar-refractivity contribution in [2.24, 2.45) is 12.8 Å². The number of nitrogens with two attached hydrogens (primary N) is 1. The summed E-state index contributed by atoms with van der Waals surface area (Å²) in [5.41, 5.74) is 5.91. The first-order chi connectivity index (χ1) is 7.15. The molecule has 1 aromatic heterocycles. The third-order valence-electron chi connectivity index (χ3n) is 2.95. The molecule has 0 spiro atoms. The van der Waals surface area contributed by atoms with Crippen molar-refractivity contribution in [1.29, 1.82) is 0 Å². The Kier molecular flexibility index (Phi) is 2.97. The standard InChI is InChI=1S/C9H18N6/c1-7-5-8(10)3-4-15(7)6-9-11-13-14(2)12-9/h7-8H,3-6,10H2,1-2H3. The lowest BCUT2D eigenvalue weighted by atomic mass is 9.99. The van der Waals surface area contributed by atoms with Crippen LogP contribution in [0.15, 0.2) is 0 Å². The lowest BCUT2D eigenvalue weighted by Gasteiger charge is -2.35. The molecule has 6 nitrogen and oxygen atoms in total. The predicted molar refractivity (Wildman–Crippen MR) is 55.9 cm³/mol. The highest BCUT2D eigenvalue weighted by molar-refractivity contribution is 4.85. The van der Waals surface area contributed by atoms with E-state index in [2.05, 4.69) is 27.2 Å². The number of piperidine rings is 1. The molecule has 1 aliphatic rings. The van der Waals surface area contributed by atoms with Crippen molar-refractivity contribution in [3.8, 4) is 0 Å². The summed E-state index contributed by atoms with van der Waals surface area (Å²) in [4.78, 5) is 3.86. The van der Waals surface area contributed by atoms with Crippen LogP contribution in [0.4, 0.5) is 0 Å². The van der Waals surface area contributed by atoms with Crippen molar-refractivity contribution in [1.82, 2.24) is 25.1 Å². The fraction of sp³-hybridized carbons (Fsp3) is 0.889. The molecule has 84 valence electrons. The van der Waals surface area contributed by atoms with E-state index < -0.39 is 0 Å². The third-order valence-corrected chi connectivity index (χ3v) is 2.95. The van der Waals surface area contributed by atoms with Crippen LogP contribution in [0.25, 0.3) is 0 Å². The number of nitrogens with zero attached hydrogens (tertiary/aromatic N) is 5. The molecule has 6 heteroatoms. The summed E-state index contributed by atoms with van der Waals surface area (Å²) >= 11 is 0. The smallest absolute Gasteiger partial charge is 0.188 e. The normalized spacial score (nSPS) is 28.2. The largest absolute Gasteiger partial charge is 0.328 e. The molecule has 2 rings (SSSR count). The number of likely N-dealkylation sites (tertiary alicyclic amines) is 1. The zero-order valence-electron chi connectivity index (χ0n) is 9.30. The molecule has 1 aromatic rings. The van der Waals surface area contributed by atoms with Crippen molar-refractivity contribution in [3.05, 3.63) is 5.82 Å². The van der Waals surface area contributed by atoms with Gasteiger partial charge in [0.15, 0.2) is 5.82 Å². The van der Waals surface area contributed by atoms with Gasteiger partial charge in [0.2, 0.25) is 0 Å². The molecule has 1 saturated heterocycles. The fourth-order valence-corrected chi connectivity index (χ4v) is 2.06. The molecule has 0 aliphatic carbocycles. The Labute approximate surface area is 89.4 Å². The van der Waals surface area contributed by atoms with E-state index in [-0.39, 0.29) is 0 Å². The van der Waals surface area contributed by atoms with E-state index in [0.717, 1.165) is 31.8 Å². The van der Waals surface area contributed by atoms with Crippen LogP contribution < -0.4 is 5.73 Å². The van der Waals surface area contributed by atoms with Gasteiger partial charge in [-0.2, -0.15) is 4.80 Å². The van der Waals surface area contributed by atoms with E-state index >= 15 is 0 Å². The van der Waals surface area contributed by atoms with Crippen molar-refractivity contribution in [2.75, 3.05) is 6.54 Å². The molecule has 2 N–H and O–H groups in total. The van der Waals surface area contributed by atoms with Crippen LogP contribution in [0.5, 0.6) is 0 Å². The average Bonchev–Trinajstić information content (AvgIpc) is 2.56. The number of aromatic nitrogens is 4. The second-order valence-corrected chi connectivity index (χ2v) is 4.30. The molecule has 0 bridgehead atoms. The summed E-state index contributed by atoms with van der Waals surface area (Å²) in [5.74, 6) is 0.792. The maximum atomic E-state index is 5.91. The number of tetrazole rings is 1. The van der Waals surface area contributed by atoms with Crippen molar-refractivity contribution >= 4 is 0 Å². The maximum absolute atomic E-state index is 5.91. The molecular formula is C9H18N6. The highest BCUT2D eigenvalue weighted by atomic mass is 15.6. The summed E-state index contributed by atoms with van der Waals surface area (Å²) in [6, 6.07) is 0.864. The van der Waals surface area contributed by atoms with Crippen LogP contribution in [0.1, 0.15) is 25.6 Å². The highest BCUT2D eigenvalue weighted by Gasteiger charge is 2.24. The lowest BCUT2D eigenvalue weighted by molar-refractivity contribution is 0.136. The topological polar surface area (TPSA) is 72.9 Å². The summed E-state index contributed by atoms with van der Waals surface area (Å²) < 4.78 is 0. The molecule has 1 fully saturated rings. The zero-order chi connectivity index (χ0) is 10.8. The van der Waals surface area contributed by atoms with Crippen LogP contribution in [0.2, 0.25) is 0 Å². The SMILES string of the molecule is CC1CC(N)CCN1Cc1nnn(C)n1. The van der Waals surface area contributed by atoms with Gasteiger partial charge >= 0.3 is 0 Å².